The summed E-state index contributed by atoms with van der Waals surface area (Å²) in [5, 5.41) is 1.35. The fourth-order valence-electron chi connectivity index (χ4n) is 3.81. The van der Waals surface area contributed by atoms with Gasteiger partial charge in [-0.25, -0.2) is 16.8 Å². The summed E-state index contributed by atoms with van der Waals surface area (Å²) >= 11 is 0.867. The lowest BCUT2D eigenvalue weighted by Gasteiger charge is -2.17. The Hall–Kier alpha value is -3.27. The average Bonchev–Trinajstić information content (AvgIpc) is 3.37. The van der Waals surface area contributed by atoms with Crippen LogP contribution >= 0.6 is 11.3 Å². The second-order valence-corrected chi connectivity index (χ2v) is 12.5. The minimum atomic E-state index is -3.95. The van der Waals surface area contributed by atoms with Crippen LogP contribution in [0, 0.1) is 0 Å². The smallest absolute Gasteiger partial charge is 0.271 e. The molecule has 4 aromatic rings. The Morgan fingerprint density at radius 3 is 2.26 bits per heavy atom. The summed E-state index contributed by atoms with van der Waals surface area (Å²) in [6.45, 7) is 0.716. The molecule has 0 atom stereocenters. The van der Waals surface area contributed by atoms with Gasteiger partial charge >= 0.3 is 0 Å². The maximum absolute atomic E-state index is 12.9. The summed E-state index contributed by atoms with van der Waals surface area (Å²) in [7, 11) is -7.74. The zero-order valence-electron chi connectivity index (χ0n) is 17.9. The molecule has 0 unspecified atom stereocenters. The van der Waals surface area contributed by atoms with Crippen LogP contribution in [0.15, 0.2) is 109 Å². The van der Waals surface area contributed by atoms with Crippen molar-refractivity contribution in [2.24, 2.45) is 4.99 Å². The highest BCUT2D eigenvalue weighted by molar-refractivity contribution is 7.95. The fraction of sp³-hybridized carbons (Fsp3) is 0.0800. The molecule has 6 nitrogen and oxygen atoms in total. The van der Waals surface area contributed by atoms with Crippen LogP contribution < -0.4 is 4.72 Å². The summed E-state index contributed by atoms with van der Waals surface area (Å²) in [4.78, 5) is 4.74. The van der Waals surface area contributed by atoms with E-state index in [-0.39, 0.29) is 14.0 Å². The van der Waals surface area contributed by atoms with Crippen LogP contribution in [0.4, 0.5) is 5.69 Å². The lowest BCUT2D eigenvalue weighted by molar-refractivity contribution is 0.596. The van der Waals surface area contributed by atoms with E-state index in [1.807, 2.05) is 30.3 Å². The Morgan fingerprint density at radius 1 is 0.794 bits per heavy atom. The van der Waals surface area contributed by atoms with Crippen LogP contribution in [-0.4, -0.2) is 29.1 Å². The lowest BCUT2D eigenvalue weighted by Crippen LogP contribution is -2.14. The Kier molecular flexibility index (Phi) is 5.85. The van der Waals surface area contributed by atoms with E-state index >= 15 is 0 Å². The van der Waals surface area contributed by atoms with Gasteiger partial charge in [-0.3, -0.25) is 9.71 Å². The van der Waals surface area contributed by atoms with Crippen molar-refractivity contribution in [3.63, 3.8) is 0 Å². The van der Waals surface area contributed by atoms with Gasteiger partial charge in [0.1, 0.15) is 4.21 Å². The first-order valence-corrected chi connectivity index (χ1v) is 14.3. The second-order valence-electron chi connectivity index (χ2n) is 7.74. The van der Waals surface area contributed by atoms with Crippen LogP contribution in [0.2, 0.25) is 0 Å². The van der Waals surface area contributed by atoms with Gasteiger partial charge in [-0.15, -0.1) is 11.3 Å². The van der Waals surface area contributed by atoms with E-state index in [9.17, 15) is 16.8 Å². The van der Waals surface area contributed by atoms with E-state index in [0.717, 1.165) is 34.6 Å². The minimum absolute atomic E-state index is 0.0478. The summed E-state index contributed by atoms with van der Waals surface area (Å²) in [6, 6.07) is 24.3. The molecule has 172 valence electrons. The Balaban J connectivity index is 1.37. The Bertz CT molecular complexity index is 1590. The number of aliphatic imine (C=N–C) groups is 1. The van der Waals surface area contributed by atoms with Gasteiger partial charge in [0, 0.05) is 28.7 Å². The monoisotopic (exact) mass is 508 g/mol. The van der Waals surface area contributed by atoms with Crippen LogP contribution in [-0.2, 0) is 26.3 Å². The third-order valence-corrected chi connectivity index (χ3v) is 10.2. The quantitative estimate of drug-likeness (QED) is 0.406. The van der Waals surface area contributed by atoms with E-state index in [0.29, 0.717) is 12.2 Å². The van der Waals surface area contributed by atoms with Crippen molar-refractivity contribution in [1.29, 1.82) is 0 Å². The van der Waals surface area contributed by atoms with Crippen molar-refractivity contribution >= 4 is 42.6 Å². The number of nitrogens with one attached hydrogen (secondary N) is 1. The summed E-state index contributed by atoms with van der Waals surface area (Å²) in [5.74, 6) is 0. The van der Waals surface area contributed by atoms with Crippen molar-refractivity contribution in [1.82, 2.24) is 0 Å². The standard InChI is InChI=1S/C25H20N2O4S3/c28-33(29,21-7-2-1-3-8-21)22-16-24(32-17-22)34(30,31)27-20-12-10-19(11-13-20)25-23-9-5-4-6-18(23)14-15-26-25/h1-13,16-17,27H,14-15H2. The van der Waals surface area contributed by atoms with Gasteiger partial charge in [0.05, 0.1) is 15.5 Å². The van der Waals surface area contributed by atoms with Crippen LogP contribution in [0.25, 0.3) is 0 Å². The SMILES string of the molecule is O=S(=O)(Nc1ccc(C2=NCCc3ccccc32)cc1)c1cc(S(=O)(=O)c2ccccc2)cs1. The van der Waals surface area contributed by atoms with Crippen LogP contribution in [0.3, 0.4) is 0 Å². The molecular formula is C25H20N2O4S3. The van der Waals surface area contributed by atoms with E-state index in [1.165, 1.54) is 29.1 Å². The molecule has 1 aliphatic rings. The van der Waals surface area contributed by atoms with Crippen molar-refractivity contribution in [3.8, 4) is 0 Å². The number of rotatable bonds is 6. The molecule has 9 heteroatoms. The maximum Gasteiger partial charge on any atom is 0.271 e. The summed E-state index contributed by atoms with van der Waals surface area (Å²) in [6.07, 6.45) is 0.903. The largest absolute Gasteiger partial charge is 0.284 e. The third kappa shape index (κ3) is 4.29. The van der Waals surface area contributed by atoms with Crippen LogP contribution in [0.1, 0.15) is 16.7 Å². The van der Waals surface area contributed by atoms with E-state index in [2.05, 4.69) is 15.8 Å². The van der Waals surface area contributed by atoms with Crippen molar-refractivity contribution in [2.75, 3.05) is 11.3 Å². The number of nitrogens with zero attached hydrogens (tertiary/aromatic N) is 1. The van der Waals surface area contributed by atoms with Gasteiger partial charge < -0.3 is 0 Å². The minimum Gasteiger partial charge on any atom is -0.284 e. The first-order chi connectivity index (χ1) is 16.3. The van der Waals surface area contributed by atoms with E-state index < -0.39 is 19.9 Å². The molecule has 0 radical (unpaired) electrons. The molecule has 0 spiro atoms. The topological polar surface area (TPSA) is 92.7 Å². The normalized spacial score (nSPS) is 13.7. The molecule has 0 saturated carbocycles. The molecule has 2 heterocycles. The van der Waals surface area contributed by atoms with Crippen molar-refractivity contribution < 1.29 is 16.8 Å². The zero-order valence-corrected chi connectivity index (χ0v) is 20.3. The molecular weight excluding hydrogens is 488 g/mol. The lowest BCUT2D eigenvalue weighted by atomic mass is 9.93. The number of hydrogen-bond acceptors (Lipinski definition) is 6. The first-order valence-electron chi connectivity index (χ1n) is 10.5. The van der Waals surface area contributed by atoms with Gasteiger partial charge in [-0.05, 0) is 42.3 Å². The molecule has 0 fully saturated rings. The first kappa shape index (κ1) is 22.5. The molecule has 5 rings (SSSR count). The number of hydrogen-bond donors (Lipinski definition) is 1. The number of sulfone groups is 1. The van der Waals surface area contributed by atoms with E-state index in [1.54, 1.807) is 30.3 Å². The third-order valence-electron chi connectivity index (χ3n) is 5.51. The molecule has 1 aromatic heterocycles. The zero-order chi connectivity index (χ0) is 23.8. The fourth-order valence-corrected chi connectivity index (χ4v) is 7.77. The second kappa shape index (κ2) is 8.83. The van der Waals surface area contributed by atoms with Crippen LogP contribution in [0.5, 0.6) is 0 Å². The van der Waals surface area contributed by atoms with Gasteiger partial charge in [0.15, 0.2) is 0 Å². The van der Waals surface area contributed by atoms with Gasteiger partial charge in [-0.2, -0.15) is 0 Å². The maximum atomic E-state index is 12.9. The average molecular weight is 509 g/mol. The highest BCUT2D eigenvalue weighted by Gasteiger charge is 2.24. The molecule has 0 saturated heterocycles. The van der Waals surface area contributed by atoms with Gasteiger partial charge in [0.2, 0.25) is 9.84 Å². The number of fused-ring (bicyclic) bond motifs is 1. The molecule has 1 aliphatic heterocycles. The Labute approximate surface area is 202 Å². The number of thiophene rings is 1. The highest BCUT2D eigenvalue weighted by Crippen LogP contribution is 2.30. The predicted octanol–water partition coefficient (Wildman–Crippen LogP) is 4.78. The predicted molar refractivity (Wildman–Crippen MR) is 134 cm³/mol. The summed E-state index contributed by atoms with van der Waals surface area (Å²) < 4.78 is 53.9. The van der Waals surface area contributed by atoms with Crippen molar-refractivity contribution in [2.45, 2.75) is 20.4 Å². The highest BCUT2D eigenvalue weighted by atomic mass is 32.2. The molecule has 34 heavy (non-hydrogen) atoms. The molecule has 0 bridgehead atoms. The number of sulfonamides is 1. The molecule has 3 aromatic carbocycles. The number of anilines is 1. The Morgan fingerprint density at radius 2 is 1.50 bits per heavy atom. The summed E-state index contributed by atoms with van der Waals surface area (Å²) in [5.41, 5.74) is 4.52. The molecule has 1 N–H and O–H groups in total. The molecule has 0 aliphatic carbocycles. The molecule has 0 amide bonds. The number of benzene rings is 3. The van der Waals surface area contributed by atoms with Crippen molar-refractivity contribution in [3.05, 3.63) is 107 Å². The van der Waals surface area contributed by atoms with Gasteiger partial charge in [-0.1, -0.05) is 54.6 Å². The van der Waals surface area contributed by atoms with Gasteiger partial charge in [0.25, 0.3) is 10.0 Å². The van der Waals surface area contributed by atoms with E-state index in [4.69, 9.17) is 0 Å².